The maximum absolute atomic E-state index is 13.1. The van der Waals surface area contributed by atoms with Gasteiger partial charge in [-0.3, -0.25) is 29.9 Å². The van der Waals surface area contributed by atoms with Gasteiger partial charge in [0.15, 0.2) is 0 Å². The number of nitro benzene ring substituents is 2. The van der Waals surface area contributed by atoms with Crippen molar-refractivity contribution in [1.82, 2.24) is 4.90 Å². The summed E-state index contributed by atoms with van der Waals surface area (Å²) >= 11 is 1.06. The molecule has 3 atom stereocenters. The molecule has 0 bridgehead atoms. The molecule has 39 heavy (non-hydrogen) atoms. The average Bonchev–Trinajstić information content (AvgIpc) is 3.32. The van der Waals surface area contributed by atoms with E-state index in [1.807, 2.05) is 0 Å². The molecular weight excluding hydrogens is 538 g/mol. The van der Waals surface area contributed by atoms with Crippen LogP contribution in [0.5, 0.6) is 0 Å². The zero-order chi connectivity index (χ0) is 28.3. The summed E-state index contributed by atoms with van der Waals surface area (Å²) in [5.41, 5.74) is -1.35. The van der Waals surface area contributed by atoms with E-state index in [4.69, 9.17) is 14.2 Å². The normalized spacial score (nSPS) is 20.3. The van der Waals surface area contributed by atoms with Crippen molar-refractivity contribution in [2.45, 2.75) is 31.6 Å². The fourth-order valence-electron chi connectivity index (χ4n) is 4.09. The monoisotopic (exact) mass is 559 g/mol. The summed E-state index contributed by atoms with van der Waals surface area (Å²) in [6, 6.07) is 11.1. The minimum Gasteiger partial charge on any atom is -0.456 e. The van der Waals surface area contributed by atoms with Crippen LogP contribution in [0.3, 0.4) is 0 Å². The smallest absolute Gasteiger partial charge is 0.456 e. The van der Waals surface area contributed by atoms with Gasteiger partial charge in [0, 0.05) is 23.6 Å². The van der Waals surface area contributed by atoms with Crippen molar-refractivity contribution in [3.8, 4) is 0 Å². The van der Waals surface area contributed by atoms with Crippen molar-refractivity contribution in [2.75, 3.05) is 6.61 Å². The average molecular weight is 560 g/mol. The number of nitro groups is 2. The maximum atomic E-state index is 13.1. The van der Waals surface area contributed by atoms with Crippen molar-refractivity contribution in [3.63, 3.8) is 0 Å². The largest absolute Gasteiger partial charge is 0.508 e. The molecule has 2 aromatic rings. The molecule has 0 saturated carbocycles. The summed E-state index contributed by atoms with van der Waals surface area (Å²) in [5.74, 6) is -1.49. The quantitative estimate of drug-likeness (QED) is 0.194. The Morgan fingerprint density at radius 1 is 1.05 bits per heavy atom. The molecule has 0 aromatic heterocycles. The predicted molar refractivity (Wildman–Crippen MR) is 133 cm³/mol. The van der Waals surface area contributed by atoms with Gasteiger partial charge in [-0.1, -0.05) is 12.1 Å². The van der Waals surface area contributed by atoms with E-state index in [1.54, 1.807) is 6.07 Å². The molecule has 2 aliphatic rings. The van der Waals surface area contributed by atoms with Crippen molar-refractivity contribution in [1.29, 1.82) is 0 Å². The number of amides is 1. The van der Waals surface area contributed by atoms with Gasteiger partial charge < -0.3 is 19.3 Å². The Morgan fingerprint density at radius 2 is 1.74 bits per heavy atom. The molecule has 0 aliphatic carbocycles. The molecule has 2 aliphatic heterocycles. The van der Waals surface area contributed by atoms with Gasteiger partial charge in [-0.25, -0.2) is 9.59 Å². The van der Waals surface area contributed by atoms with Gasteiger partial charge in [-0.15, -0.1) is 11.8 Å². The Balaban J connectivity index is 1.34. The second-order valence-electron chi connectivity index (χ2n) is 8.60. The first-order chi connectivity index (χ1) is 18.6. The van der Waals surface area contributed by atoms with E-state index in [0.29, 0.717) is 5.56 Å². The number of aliphatic hydroxyl groups excluding tert-OH is 1. The first kappa shape index (κ1) is 27.5. The van der Waals surface area contributed by atoms with Gasteiger partial charge in [0.1, 0.15) is 36.3 Å². The lowest BCUT2D eigenvalue weighted by Crippen LogP contribution is -2.71. The molecular formula is C24H21N3O11S. The van der Waals surface area contributed by atoms with Crippen LogP contribution < -0.4 is 0 Å². The molecule has 4 rings (SSSR count). The molecule has 14 nitrogen and oxygen atoms in total. The fourth-order valence-corrected chi connectivity index (χ4v) is 5.50. The third-order valence-corrected chi connectivity index (χ3v) is 7.54. The number of carbonyl (C=O) groups is 3. The first-order valence-corrected chi connectivity index (χ1v) is 12.3. The highest BCUT2D eigenvalue weighted by atomic mass is 32.2. The zero-order valence-corrected chi connectivity index (χ0v) is 21.1. The van der Waals surface area contributed by atoms with Gasteiger partial charge in [0.25, 0.3) is 11.4 Å². The number of benzene rings is 2. The summed E-state index contributed by atoms with van der Waals surface area (Å²) in [5, 5.41) is 32.9. The van der Waals surface area contributed by atoms with E-state index < -0.39 is 58.0 Å². The molecule has 2 heterocycles. The molecule has 204 valence electrons. The third-order valence-electron chi connectivity index (χ3n) is 6.29. The van der Waals surface area contributed by atoms with E-state index in [1.165, 1.54) is 54.8 Å². The number of hydrogen-bond acceptors (Lipinski definition) is 12. The van der Waals surface area contributed by atoms with Crippen molar-refractivity contribution in [2.24, 2.45) is 5.41 Å². The van der Waals surface area contributed by atoms with Crippen LogP contribution in [-0.2, 0) is 37.0 Å². The summed E-state index contributed by atoms with van der Waals surface area (Å²) < 4.78 is 15.3. The van der Waals surface area contributed by atoms with Gasteiger partial charge >= 0.3 is 12.1 Å². The lowest BCUT2D eigenvalue weighted by Gasteiger charge is -2.53. The molecule has 1 N–H and O–H groups in total. The molecule has 1 saturated heterocycles. The fraction of sp³-hybridized carbons (Fsp3) is 0.292. The third kappa shape index (κ3) is 5.26. The Labute approximate surface area is 224 Å². The van der Waals surface area contributed by atoms with Crippen LogP contribution in [0.1, 0.15) is 18.1 Å². The van der Waals surface area contributed by atoms with Gasteiger partial charge in [0.2, 0.25) is 5.91 Å². The van der Waals surface area contributed by atoms with Crippen molar-refractivity contribution < 1.29 is 43.5 Å². The van der Waals surface area contributed by atoms with Gasteiger partial charge in [-0.05, 0) is 30.7 Å². The topological polar surface area (TPSA) is 189 Å². The number of carbonyl (C=O) groups excluding carboxylic acids is 3. The number of non-ortho nitro benzene ring substituents is 1. The number of nitrogens with zero attached hydrogens (tertiary/aromatic N) is 3. The van der Waals surface area contributed by atoms with Crippen LogP contribution in [0, 0.1) is 25.6 Å². The second kappa shape index (κ2) is 11.1. The van der Waals surface area contributed by atoms with Crippen LogP contribution in [0.4, 0.5) is 16.2 Å². The van der Waals surface area contributed by atoms with Crippen LogP contribution in [0.25, 0.3) is 0 Å². The van der Waals surface area contributed by atoms with Gasteiger partial charge in [-0.2, -0.15) is 0 Å². The highest BCUT2D eigenvalue weighted by molar-refractivity contribution is 8.03. The Bertz CT molecular complexity index is 1360. The summed E-state index contributed by atoms with van der Waals surface area (Å²) in [7, 11) is 0. The highest BCUT2D eigenvalue weighted by Crippen LogP contribution is 2.54. The number of thioether (sulfide) groups is 1. The highest BCUT2D eigenvalue weighted by Gasteiger charge is 2.68. The molecule has 0 unspecified atom stereocenters. The van der Waals surface area contributed by atoms with E-state index >= 15 is 0 Å². The number of ether oxygens (including phenoxy) is 3. The lowest BCUT2D eigenvalue weighted by molar-refractivity contribution is -0.385. The van der Waals surface area contributed by atoms with E-state index in [2.05, 4.69) is 0 Å². The SMILES string of the molecule is C[C@@H](O)[C@@]1(COC(=O)OCc2ccccc2[N+](=O)[O-])C(=O)N2C(C(=O)OCc3ccc([N+](=O)[O-])cc3)=CS[C@@H]21. The Hall–Kier alpha value is -4.50. The molecule has 2 aromatic carbocycles. The second-order valence-corrected chi connectivity index (χ2v) is 9.55. The van der Waals surface area contributed by atoms with Crippen LogP contribution in [0.15, 0.2) is 59.6 Å². The Kier molecular flexibility index (Phi) is 7.83. The number of para-hydroxylation sites is 1. The number of hydrogen-bond donors (Lipinski definition) is 1. The van der Waals surface area contributed by atoms with Crippen molar-refractivity contribution >= 4 is 41.2 Å². The summed E-state index contributed by atoms with van der Waals surface area (Å²) in [6.07, 6.45) is -2.47. The van der Waals surface area contributed by atoms with E-state index in [0.717, 1.165) is 16.7 Å². The Morgan fingerprint density at radius 3 is 2.38 bits per heavy atom. The summed E-state index contributed by atoms with van der Waals surface area (Å²) in [6.45, 7) is 0.152. The van der Waals surface area contributed by atoms with E-state index in [-0.39, 0.29) is 29.2 Å². The minimum atomic E-state index is -1.57. The van der Waals surface area contributed by atoms with E-state index in [9.17, 15) is 39.7 Å². The van der Waals surface area contributed by atoms with Crippen LogP contribution in [-0.4, -0.2) is 56.0 Å². The number of rotatable bonds is 10. The number of aliphatic hydroxyl groups is 1. The first-order valence-electron chi connectivity index (χ1n) is 11.4. The molecule has 0 radical (unpaired) electrons. The van der Waals surface area contributed by atoms with Crippen molar-refractivity contribution in [3.05, 3.63) is 91.0 Å². The minimum absolute atomic E-state index is 0.0628. The predicted octanol–water partition coefficient (Wildman–Crippen LogP) is 3.02. The molecule has 0 spiro atoms. The number of fused-ring (bicyclic) bond motifs is 1. The standard InChI is InChI=1S/C24H21N3O11S/c1-14(28)24(13-38-23(31)37-11-16-4-2-3-5-18(16)27(34)35)21(30)25-19(12-39-22(24)25)20(29)36-10-15-6-8-17(9-7-15)26(32)33/h2-9,12,14,22,28H,10-11,13H2,1H3/t14-,22-,24+/m1/s1. The summed E-state index contributed by atoms with van der Waals surface area (Å²) in [4.78, 5) is 59.8. The van der Waals surface area contributed by atoms with Gasteiger partial charge in [0.05, 0.1) is 21.5 Å². The lowest BCUT2D eigenvalue weighted by atomic mass is 9.74. The van der Waals surface area contributed by atoms with Crippen LogP contribution in [0.2, 0.25) is 0 Å². The zero-order valence-electron chi connectivity index (χ0n) is 20.3. The molecule has 1 fully saturated rings. The number of β-lactam (4-membered cyclic amide) rings is 1. The number of esters is 1. The maximum Gasteiger partial charge on any atom is 0.508 e. The van der Waals surface area contributed by atoms with Crippen LogP contribution >= 0.6 is 11.8 Å². The molecule has 15 heteroatoms. The molecule has 1 amide bonds.